The molecule has 0 saturated carbocycles. The molecule has 6 nitrogen and oxygen atoms in total. The van der Waals surface area contributed by atoms with E-state index >= 15 is 0 Å². The zero-order valence-electron chi connectivity index (χ0n) is 9.11. The maximum absolute atomic E-state index is 11.9. The largest absolute Gasteiger partial charge is 0.480 e. The molecule has 0 heterocycles. The summed E-state index contributed by atoms with van der Waals surface area (Å²) in [6.07, 6.45) is -3.86. The quantitative estimate of drug-likeness (QED) is 0.631. The molecular weight excluding hydrogens is 240 g/mol. The van der Waals surface area contributed by atoms with E-state index in [1.807, 2.05) is 0 Å². The van der Waals surface area contributed by atoms with Crippen molar-refractivity contribution >= 4 is 17.8 Å². The lowest BCUT2D eigenvalue weighted by Crippen LogP contribution is -2.43. The van der Waals surface area contributed by atoms with Crippen LogP contribution in [0.5, 0.6) is 0 Å². The first-order valence-electron chi connectivity index (χ1n) is 4.85. The number of ether oxygens (including phenoxy) is 1. The molecule has 0 aromatic heterocycles. The predicted octanol–water partition coefficient (Wildman–Crippen LogP) is 0.164. The first kappa shape index (κ1) is 15.3. The molecule has 0 spiro atoms. The Balaban J connectivity index is 4.21. The first-order chi connectivity index (χ1) is 7.88. The molecule has 0 unspecified atom stereocenters. The highest BCUT2D eigenvalue weighted by atomic mass is 19.3. The van der Waals surface area contributed by atoms with E-state index in [1.54, 1.807) is 12.2 Å². The third kappa shape index (κ3) is 6.44. The van der Waals surface area contributed by atoms with E-state index in [9.17, 15) is 23.2 Å². The number of carboxylic acid groups (broad SMARTS) is 1. The monoisotopic (exact) mass is 253 g/mol. The van der Waals surface area contributed by atoms with Gasteiger partial charge in [-0.2, -0.15) is 8.78 Å². The van der Waals surface area contributed by atoms with Gasteiger partial charge in [-0.05, 0) is 13.3 Å². The number of aliphatic carboxylic acids is 1. The van der Waals surface area contributed by atoms with Crippen LogP contribution in [0.2, 0.25) is 0 Å². The number of carbonyl (C=O) groups excluding carboxylic acids is 2. The fourth-order valence-corrected chi connectivity index (χ4v) is 0.987. The first-order valence-corrected chi connectivity index (χ1v) is 4.85. The number of nitrogens with one attached hydrogen (secondary N) is 1. The third-order valence-corrected chi connectivity index (χ3v) is 1.76. The van der Waals surface area contributed by atoms with Gasteiger partial charge in [0.2, 0.25) is 0 Å². The van der Waals surface area contributed by atoms with Crippen molar-refractivity contribution in [2.75, 3.05) is 6.61 Å². The molecule has 0 aliphatic carbocycles. The van der Waals surface area contributed by atoms with Crippen LogP contribution < -0.4 is 5.32 Å². The Hall–Kier alpha value is -1.73. The maximum Gasteiger partial charge on any atom is 0.326 e. The second-order valence-corrected chi connectivity index (χ2v) is 3.04. The summed E-state index contributed by atoms with van der Waals surface area (Å²) in [5.74, 6) is -3.81. The van der Waals surface area contributed by atoms with Crippen molar-refractivity contribution < 1.29 is 33.0 Å². The van der Waals surface area contributed by atoms with Crippen molar-refractivity contribution in [2.24, 2.45) is 0 Å². The topological polar surface area (TPSA) is 92.7 Å². The van der Waals surface area contributed by atoms with Gasteiger partial charge in [-0.3, -0.25) is 9.59 Å². The minimum absolute atomic E-state index is 0.139. The molecule has 0 aliphatic rings. The molecule has 17 heavy (non-hydrogen) atoms. The molecule has 0 aliphatic heterocycles. The van der Waals surface area contributed by atoms with Crippen molar-refractivity contribution in [2.45, 2.75) is 32.2 Å². The molecule has 0 aromatic carbocycles. The van der Waals surface area contributed by atoms with Gasteiger partial charge in [0.1, 0.15) is 6.04 Å². The van der Waals surface area contributed by atoms with Crippen LogP contribution in [0.25, 0.3) is 0 Å². The Labute approximate surface area is 95.9 Å². The number of carboxylic acids is 1. The molecule has 2 N–H and O–H groups in total. The van der Waals surface area contributed by atoms with Crippen molar-refractivity contribution in [3.63, 3.8) is 0 Å². The van der Waals surface area contributed by atoms with Crippen LogP contribution in [-0.2, 0) is 19.1 Å². The van der Waals surface area contributed by atoms with Gasteiger partial charge in [0, 0.05) is 6.42 Å². The van der Waals surface area contributed by atoms with Crippen LogP contribution in [0.3, 0.4) is 0 Å². The van der Waals surface area contributed by atoms with E-state index in [4.69, 9.17) is 5.11 Å². The van der Waals surface area contributed by atoms with Crippen LogP contribution in [0, 0.1) is 0 Å². The number of amides is 1. The molecule has 0 fully saturated rings. The molecule has 1 amide bonds. The van der Waals surface area contributed by atoms with E-state index in [0.29, 0.717) is 0 Å². The number of rotatable bonds is 7. The summed E-state index contributed by atoms with van der Waals surface area (Å²) in [5.41, 5.74) is 0. The second kappa shape index (κ2) is 7.53. The average Bonchev–Trinajstić information content (AvgIpc) is 2.23. The van der Waals surface area contributed by atoms with E-state index in [-0.39, 0.29) is 19.4 Å². The average molecular weight is 253 g/mol. The summed E-state index contributed by atoms with van der Waals surface area (Å²) >= 11 is 0. The number of halogens is 2. The Morgan fingerprint density at radius 2 is 1.94 bits per heavy atom. The van der Waals surface area contributed by atoms with Gasteiger partial charge < -0.3 is 15.2 Å². The van der Waals surface area contributed by atoms with Crippen LogP contribution in [-0.4, -0.2) is 42.0 Å². The molecule has 8 heteroatoms. The van der Waals surface area contributed by atoms with E-state index in [1.165, 1.54) is 0 Å². The molecule has 0 saturated heterocycles. The number of esters is 1. The summed E-state index contributed by atoms with van der Waals surface area (Å²) in [6.45, 7) is 1.71. The van der Waals surface area contributed by atoms with E-state index in [2.05, 4.69) is 4.74 Å². The molecule has 0 bridgehead atoms. The van der Waals surface area contributed by atoms with Gasteiger partial charge >= 0.3 is 18.4 Å². The standard InChI is InChI=1S/C9H13F2NO5/c1-2-17-6(13)4-3-5(9(15)16)12-8(14)7(10)11/h5,7H,2-4H2,1H3,(H,12,14)(H,15,16)/t5-/m0/s1. The van der Waals surface area contributed by atoms with Crippen molar-refractivity contribution in [3.8, 4) is 0 Å². The lowest BCUT2D eigenvalue weighted by molar-refractivity contribution is -0.146. The van der Waals surface area contributed by atoms with Gasteiger partial charge in [0.15, 0.2) is 0 Å². The smallest absolute Gasteiger partial charge is 0.326 e. The maximum atomic E-state index is 11.9. The number of hydrogen-bond acceptors (Lipinski definition) is 4. The lowest BCUT2D eigenvalue weighted by atomic mass is 10.1. The van der Waals surface area contributed by atoms with Gasteiger partial charge in [-0.1, -0.05) is 0 Å². The molecule has 98 valence electrons. The van der Waals surface area contributed by atoms with E-state index < -0.39 is 30.3 Å². The number of carbonyl (C=O) groups is 3. The lowest BCUT2D eigenvalue weighted by Gasteiger charge is -2.13. The summed E-state index contributed by atoms with van der Waals surface area (Å²) in [7, 11) is 0. The summed E-state index contributed by atoms with van der Waals surface area (Å²) in [4.78, 5) is 32.1. The highest BCUT2D eigenvalue weighted by molar-refractivity contribution is 5.85. The van der Waals surface area contributed by atoms with Crippen LogP contribution in [0.1, 0.15) is 19.8 Å². The van der Waals surface area contributed by atoms with Gasteiger partial charge in [-0.15, -0.1) is 0 Å². The Morgan fingerprint density at radius 3 is 2.35 bits per heavy atom. The highest BCUT2D eigenvalue weighted by Gasteiger charge is 2.25. The minimum atomic E-state index is -3.29. The molecule has 0 radical (unpaired) electrons. The fraction of sp³-hybridized carbons (Fsp3) is 0.667. The Morgan fingerprint density at radius 1 is 1.35 bits per heavy atom. The van der Waals surface area contributed by atoms with Crippen LogP contribution >= 0.6 is 0 Å². The molecule has 0 rings (SSSR count). The van der Waals surface area contributed by atoms with Gasteiger partial charge in [0.25, 0.3) is 5.91 Å². The SMILES string of the molecule is CCOC(=O)CC[C@H](NC(=O)C(F)F)C(=O)O. The van der Waals surface area contributed by atoms with Crippen LogP contribution in [0.4, 0.5) is 8.78 Å². The predicted molar refractivity (Wildman–Crippen MR) is 51.4 cm³/mol. The minimum Gasteiger partial charge on any atom is -0.480 e. The molecule has 0 aromatic rings. The zero-order chi connectivity index (χ0) is 13.4. The van der Waals surface area contributed by atoms with Crippen molar-refractivity contribution in [3.05, 3.63) is 0 Å². The summed E-state index contributed by atoms with van der Waals surface area (Å²) in [6, 6.07) is -1.53. The van der Waals surface area contributed by atoms with Gasteiger partial charge in [0.05, 0.1) is 6.61 Å². The summed E-state index contributed by atoms with van der Waals surface area (Å²) in [5, 5.41) is 10.3. The molecular formula is C9H13F2NO5. The Kier molecular flexibility index (Phi) is 6.76. The number of hydrogen-bond donors (Lipinski definition) is 2. The second-order valence-electron chi connectivity index (χ2n) is 3.04. The Bertz CT molecular complexity index is 295. The third-order valence-electron chi connectivity index (χ3n) is 1.76. The van der Waals surface area contributed by atoms with Crippen LogP contribution in [0.15, 0.2) is 0 Å². The van der Waals surface area contributed by atoms with E-state index in [0.717, 1.165) is 0 Å². The van der Waals surface area contributed by atoms with Crippen molar-refractivity contribution in [1.82, 2.24) is 5.32 Å². The summed E-state index contributed by atoms with van der Waals surface area (Å²) < 4.78 is 28.3. The molecule has 1 atom stereocenters. The zero-order valence-corrected chi connectivity index (χ0v) is 9.11. The number of alkyl halides is 2. The van der Waals surface area contributed by atoms with Gasteiger partial charge in [-0.25, -0.2) is 4.79 Å². The normalized spacial score (nSPS) is 12.0. The fourth-order valence-electron chi connectivity index (χ4n) is 0.987. The highest BCUT2D eigenvalue weighted by Crippen LogP contribution is 2.02. The van der Waals surface area contributed by atoms with Crippen molar-refractivity contribution in [1.29, 1.82) is 0 Å².